The summed E-state index contributed by atoms with van der Waals surface area (Å²) in [7, 11) is -4.48. The molecule has 5 aromatic rings. The molecule has 0 bridgehead atoms. The highest BCUT2D eigenvalue weighted by molar-refractivity contribution is 7.85. The van der Waals surface area contributed by atoms with E-state index in [2.05, 4.69) is 148 Å². The van der Waals surface area contributed by atoms with Crippen LogP contribution in [0.25, 0.3) is 0 Å². The Kier molecular flexibility index (Phi) is 19.0. The molecular weight excluding hydrogens is 769 g/mol. The van der Waals surface area contributed by atoms with Crippen molar-refractivity contribution in [1.29, 1.82) is 0 Å². The van der Waals surface area contributed by atoms with Crippen LogP contribution >= 0.6 is 0 Å². The molecule has 0 fully saturated rings. The lowest BCUT2D eigenvalue weighted by molar-refractivity contribution is 0.449. The topological polar surface area (TPSA) is 60.9 Å². The van der Waals surface area contributed by atoms with Crippen LogP contribution in [0.5, 0.6) is 0 Å². The fourth-order valence-corrected chi connectivity index (χ4v) is 9.56. The van der Waals surface area contributed by atoms with Crippen molar-refractivity contribution >= 4 is 32.9 Å². The smallest absolute Gasteiger partial charge is 0.294 e. The maximum absolute atomic E-state index is 12.9. The van der Waals surface area contributed by atoms with Crippen LogP contribution in [0.3, 0.4) is 0 Å². The van der Waals surface area contributed by atoms with E-state index in [1.807, 2.05) is 12.1 Å². The highest BCUT2D eigenvalue weighted by Crippen LogP contribution is 2.39. The van der Waals surface area contributed by atoms with Gasteiger partial charge < -0.3 is 9.80 Å². The molecule has 61 heavy (non-hydrogen) atoms. The molecule has 5 rings (SSSR count). The van der Waals surface area contributed by atoms with Gasteiger partial charge in [0.1, 0.15) is 0 Å². The third-order valence-electron chi connectivity index (χ3n) is 12.7. The Morgan fingerprint density at radius 2 is 0.836 bits per heavy atom. The molecule has 0 radical (unpaired) electrons. The molecule has 5 aromatic carbocycles. The van der Waals surface area contributed by atoms with E-state index in [0.29, 0.717) is 5.56 Å². The fraction of sp³-hybridized carbons (Fsp3) is 0.455. The Balaban J connectivity index is 1.47. The van der Waals surface area contributed by atoms with Gasteiger partial charge in [0.05, 0.1) is 4.90 Å². The first-order chi connectivity index (χ1) is 29.6. The molecule has 0 spiro atoms. The lowest BCUT2D eigenvalue weighted by atomic mass is 9.85. The summed E-state index contributed by atoms with van der Waals surface area (Å²) in [6.45, 7) is 15.4. The van der Waals surface area contributed by atoms with Crippen LogP contribution < -0.4 is 9.80 Å². The first-order valence-electron chi connectivity index (χ1n) is 23.6. The first-order valence-corrected chi connectivity index (χ1v) is 25.1. The van der Waals surface area contributed by atoms with Gasteiger partial charge in [0.15, 0.2) is 0 Å². The van der Waals surface area contributed by atoms with Crippen LogP contribution in [-0.4, -0.2) is 26.1 Å². The van der Waals surface area contributed by atoms with Gasteiger partial charge in [0.25, 0.3) is 10.1 Å². The summed E-state index contributed by atoms with van der Waals surface area (Å²) in [5, 5.41) is 0. The SMILES string of the molecule is CCCCC(CC)Cc1ccc(N(CCCC)c2ccc(C(c3ccc(N(CCCC)c4ccc(CC(CC)CCCC)cc4)cc3)c3ccccc3S(=O)(=O)O)cc2)cc1. The lowest BCUT2D eigenvalue weighted by Gasteiger charge is -2.28. The second-order valence-electron chi connectivity index (χ2n) is 17.2. The molecule has 0 aromatic heterocycles. The minimum atomic E-state index is -4.48. The molecular formula is C55H74N2O3S. The summed E-state index contributed by atoms with van der Waals surface area (Å²) in [5.41, 5.74) is 9.81. The molecule has 0 aliphatic rings. The van der Waals surface area contributed by atoms with Crippen LogP contribution in [0.1, 0.15) is 152 Å². The second kappa shape index (κ2) is 24.3. The normalized spacial score (nSPS) is 13.2. The van der Waals surface area contributed by atoms with Crippen LogP contribution in [0.2, 0.25) is 0 Å². The van der Waals surface area contributed by atoms with Crippen molar-refractivity contribution in [3.05, 3.63) is 149 Å². The Hall–Kier alpha value is -4.39. The maximum atomic E-state index is 12.9. The fourth-order valence-electron chi connectivity index (χ4n) is 8.82. The van der Waals surface area contributed by atoms with Crippen LogP contribution in [0.4, 0.5) is 22.7 Å². The first kappa shape index (κ1) is 47.7. The van der Waals surface area contributed by atoms with E-state index in [0.717, 1.165) is 86.0 Å². The molecule has 0 saturated heterocycles. The average Bonchev–Trinajstić information content (AvgIpc) is 3.28. The van der Waals surface area contributed by atoms with Gasteiger partial charge in [-0.05, 0) is 120 Å². The minimum absolute atomic E-state index is 0.0671. The van der Waals surface area contributed by atoms with Gasteiger partial charge in [-0.15, -0.1) is 0 Å². The monoisotopic (exact) mass is 843 g/mol. The average molecular weight is 843 g/mol. The van der Waals surface area contributed by atoms with E-state index in [1.165, 1.54) is 79.9 Å². The molecule has 0 aliphatic heterocycles. The van der Waals surface area contributed by atoms with E-state index >= 15 is 0 Å². The molecule has 1 N–H and O–H groups in total. The predicted molar refractivity (Wildman–Crippen MR) is 261 cm³/mol. The number of anilines is 4. The van der Waals surface area contributed by atoms with Crippen molar-refractivity contribution in [2.45, 2.75) is 142 Å². The Bertz CT molecular complexity index is 2000. The third-order valence-corrected chi connectivity index (χ3v) is 13.6. The van der Waals surface area contributed by atoms with Gasteiger partial charge in [-0.25, -0.2) is 0 Å². The third kappa shape index (κ3) is 13.5. The maximum Gasteiger partial charge on any atom is 0.294 e. The Morgan fingerprint density at radius 1 is 0.475 bits per heavy atom. The number of unbranched alkanes of at least 4 members (excludes halogenated alkanes) is 4. The van der Waals surface area contributed by atoms with Gasteiger partial charge in [0, 0.05) is 41.8 Å². The van der Waals surface area contributed by atoms with E-state index in [4.69, 9.17) is 0 Å². The van der Waals surface area contributed by atoms with E-state index in [1.54, 1.807) is 6.07 Å². The summed E-state index contributed by atoms with van der Waals surface area (Å²) in [4.78, 5) is 4.73. The van der Waals surface area contributed by atoms with Crippen LogP contribution in [0.15, 0.2) is 126 Å². The lowest BCUT2D eigenvalue weighted by Crippen LogP contribution is -2.19. The standard InChI is InChI=1S/C55H74N2O3S/c1-7-13-19-43(11-5)41-45-23-31-49(32-24-45)56(39-15-9-3)51-35-27-47(28-36-51)55(53-21-17-18-22-54(53)61(58,59)60)48-29-37-52(38-30-48)57(40-16-10-4)50-33-25-46(26-34-50)42-44(12-6)20-14-8-2/h17-18,21-38,43-44,55H,7-16,19-20,39-42H2,1-6H3,(H,58,59,60). The summed E-state index contributed by atoms with van der Waals surface area (Å²) in [6.07, 6.45) is 16.6. The molecule has 2 atom stereocenters. The molecule has 0 heterocycles. The molecule has 328 valence electrons. The van der Waals surface area contributed by atoms with Crippen molar-refractivity contribution in [1.82, 2.24) is 0 Å². The number of benzene rings is 5. The van der Waals surface area contributed by atoms with Crippen LogP contribution in [-0.2, 0) is 23.0 Å². The largest absolute Gasteiger partial charge is 0.341 e. The van der Waals surface area contributed by atoms with E-state index in [-0.39, 0.29) is 4.90 Å². The minimum Gasteiger partial charge on any atom is -0.341 e. The number of rotatable bonds is 26. The zero-order chi connectivity index (χ0) is 43.6. The van der Waals surface area contributed by atoms with Gasteiger partial charge >= 0.3 is 0 Å². The van der Waals surface area contributed by atoms with E-state index < -0.39 is 16.0 Å². The zero-order valence-corrected chi connectivity index (χ0v) is 39.0. The molecule has 0 saturated carbocycles. The van der Waals surface area contributed by atoms with Crippen molar-refractivity contribution < 1.29 is 13.0 Å². The number of hydrogen-bond donors (Lipinski definition) is 1. The molecule has 0 aliphatic carbocycles. The zero-order valence-electron chi connectivity index (χ0n) is 38.2. The highest BCUT2D eigenvalue weighted by Gasteiger charge is 2.26. The second-order valence-corrected chi connectivity index (χ2v) is 18.6. The quantitative estimate of drug-likeness (QED) is 0.0444. The molecule has 6 heteroatoms. The van der Waals surface area contributed by atoms with Crippen molar-refractivity contribution in [3.8, 4) is 0 Å². The van der Waals surface area contributed by atoms with Crippen LogP contribution in [0, 0.1) is 11.8 Å². The number of hydrogen-bond acceptors (Lipinski definition) is 4. The van der Waals surface area contributed by atoms with Crippen molar-refractivity contribution in [2.75, 3.05) is 22.9 Å². The van der Waals surface area contributed by atoms with Gasteiger partial charge in [0.2, 0.25) is 0 Å². The van der Waals surface area contributed by atoms with Gasteiger partial charge in [-0.2, -0.15) is 8.42 Å². The summed E-state index contributed by atoms with van der Waals surface area (Å²) in [5.74, 6) is 1.02. The van der Waals surface area contributed by atoms with Crippen molar-refractivity contribution in [3.63, 3.8) is 0 Å². The summed E-state index contributed by atoms with van der Waals surface area (Å²) >= 11 is 0. The highest BCUT2D eigenvalue weighted by atomic mass is 32.2. The molecule has 0 amide bonds. The van der Waals surface area contributed by atoms with Crippen molar-refractivity contribution in [2.24, 2.45) is 11.8 Å². The van der Waals surface area contributed by atoms with Gasteiger partial charge in [-0.1, -0.05) is 172 Å². The predicted octanol–water partition coefficient (Wildman–Crippen LogP) is 15.5. The summed E-state index contributed by atoms with van der Waals surface area (Å²) < 4.78 is 36.2. The molecule has 2 unspecified atom stereocenters. The number of nitrogens with zero attached hydrogens (tertiary/aromatic N) is 2. The Morgan fingerprint density at radius 3 is 1.18 bits per heavy atom. The van der Waals surface area contributed by atoms with Gasteiger partial charge in [-0.3, -0.25) is 4.55 Å². The van der Waals surface area contributed by atoms with E-state index in [9.17, 15) is 13.0 Å². The Labute approximate surface area is 370 Å². The molecule has 5 nitrogen and oxygen atoms in total. The summed E-state index contributed by atoms with van der Waals surface area (Å²) in [6, 6.07) is 42.3.